The van der Waals surface area contributed by atoms with E-state index in [9.17, 15) is 9.59 Å². The Kier molecular flexibility index (Phi) is 22.2. The lowest BCUT2D eigenvalue weighted by molar-refractivity contribution is -0.118. The van der Waals surface area contributed by atoms with Gasteiger partial charge >= 0.3 is 0 Å². The van der Waals surface area contributed by atoms with Gasteiger partial charge < -0.3 is 39.3 Å². The maximum absolute atomic E-state index is 12.9. The van der Waals surface area contributed by atoms with E-state index >= 15 is 0 Å². The van der Waals surface area contributed by atoms with Crippen molar-refractivity contribution in [1.29, 1.82) is 0 Å². The molecule has 396 valence electrons. The molecule has 4 saturated heterocycles. The molecule has 4 aliphatic heterocycles. The Hall–Kier alpha value is -2.70. The number of nitrogens with zero attached hydrogens (tertiary/aromatic N) is 5. The Balaban J connectivity index is 0.000000174. The molecule has 8 aliphatic rings. The smallest absolute Gasteiger partial charge is 0.227 e. The minimum Gasteiger partial charge on any atom is -0.494 e. The lowest BCUT2D eigenvalue weighted by Crippen LogP contribution is -2.44. The van der Waals surface area contributed by atoms with Crippen LogP contribution in [0.5, 0.6) is 11.5 Å². The van der Waals surface area contributed by atoms with Gasteiger partial charge in [0.2, 0.25) is 11.8 Å². The van der Waals surface area contributed by atoms with Crippen LogP contribution in [-0.4, -0.2) is 128 Å². The van der Waals surface area contributed by atoms with Crippen LogP contribution in [-0.2, 0) is 9.59 Å². The number of nitrogens with one attached hydrogen (secondary N) is 1. The molecular formula is C60H95BrN6O4. The molecule has 4 atom stereocenters. The molecule has 4 saturated carbocycles. The Bertz CT molecular complexity index is 1850. The number of anilines is 2. The van der Waals surface area contributed by atoms with E-state index in [-0.39, 0.29) is 17.9 Å². The molecule has 0 aromatic heterocycles. The summed E-state index contributed by atoms with van der Waals surface area (Å²) < 4.78 is 12.0. The molecule has 4 aliphatic carbocycles. The quantitative estimate of drug-likeness (QED) is 0.0871. The zero-order valence-electron chi connectivity index (χ0n) is 44.4. The van der Waals surface area contributed by atoms with Crippen molar-refractivity contribution < 1.29 is 19.1 Å². The molecular weight excluding hydrogens is 949 g/mol. The Morgan fingerprint density at radius 2 is 0.986 bits per heavy atom. The van der Waals surface area contributed by atoms with Gasteiger partial charge in [0.1, 0.15) is 11.5 Å². The number of hydrogen-bond donors (Lipinski definition) is 1. The number of ether oxygens (including phenoxy) is 2. The number of hydrogen-bond acceptors (Lipinski definition) is 8. The Labute approximate surface area is 439 Å². The molecule has 10 nitrogen and oxygen atoms in total. The third-order valence-corrected chi connectivity index (χ3v) is 18.3. The van der Waals surface area contributed by atoms with E-state index in [1.54, 1.807) is 0 Å². The molecule has 1 N–H and O–H groups in total. The third-order valence-electron chi connectivity index (χ3n) is 17.4. The predicted molar refractivity (Wildman–Crippen MR) is 296 cm³/mol. The van der Waals surface area contributed by atoms with Gasteiger partial charge in [0.05, 0.1) is 19.3 Å². The molecule has 8 fully saturated rings. The van der Waals surface area contributed by atoms with Crippen molar-refractivity contribution in [2.45, 2.75) is 192 Å². The molecule has 2 aromatic rings. The van der Waals surface area contributed by atoms with Gasteiger partial charge in [-0.1, -0.05) is 54.5 Å². The summed E-state index contributed by atoms with van der Waals surface area (Å²) in [7, 11) is 0. The minimum absolute atomic E-state index is 0.248. The molecule has 4 heterocycles. The van der Waals surface area contributed by atoms with E-state index in [0.717, 1.165) is 130 Å². The van der Waals surface area contributed by atoms with Crippen LogP contribution in [0.3, 0.4) is 0 Å². The molecule has 2 aromatic carbocycles. The van der Waals surface area contributed by atoms with Crippen molar-refractivity contribution in [1.82, 2.24) is 20.0 Å². The molecule has 71 heavy (non-hydrogen) atoms. The van der Waals surface area contributed by atoms with Gasteiger partial charge in [-0.3, -0.25) is 9.59 Å². The van der Waals surface area contributed by atoms with Gasteiger partial charge in [-0.05, 0) is 208 Å². The second-order valence-electron chi connectivity index (χ2n) is 23.3. The topological polar surface area (TPSA) is 80.8 Å². The maximum atomic E-state index is 12.9. The van der Waals surface area contributed by atoms with E-state index in [0.29, 0.717) is 18.9 Å². The standard InChI is InChI=1S/C30H47N3O2.C26H41N3O2.C4H7Br/c1-24-7-5-18-32(24)19-6-20-35-29-15-12-27(13-16-29)33-28(14-17-30(33)34)23-31(22-26-10-11-26)21-25-8-3-2-4-9-25;1-21-7-5-16-28(21)17-6-18-31-25-13-10-23(11-14-25)29-24(12-15-26(29)30)20-27-19-22-8-3-2-4-9-22;5-3-4-1-2-4/h12-13,15-16,24-26,28H,2-11,14,17-23H2,1H3;10-11,13-14,21-22,24,27H,2-9,12,15-20H2,1H3;4H,1-3H2/t24?,28-;21?,24-;/m00./s1. The van der Waals surface area contributed by atoms with Crippen LogP contribution in [0.25, 0.3) is 0 Å². The second-order valence-corrected chi connectivity index (χ2v) is 23.9. The summed E-state index contributed by atoms with van der Waals surface area (Å²) >= 11 is 3.38. The lowest BCUT2D eigenvalue weighted by Gasteiger charge is -2.34. The lowest BCUT2D eigenvalue weighted by atomic mass is 9.89. The van der Waals surface area contributed by atoms with Gasteiger partial charge in [-0.15, -0.1) is 0 Å². The van der Waals surface area contributed by atoms with E-state index in [2.05, 4.69) is 91.1 Å². The fourth-order valence-corrected chi connectivity index (χ4v) is 13.2. The summed E-state index contributed by atoms with van der Waals surface area (Å²) in [5, 5.41) is 4.90. The zero-order valence-corrected chi connectivity index (χ0v) is 46.0. The van der Waals surface area contributed by atoms with Gasteiger partial charge in [0.25, 0.3) is 0 Å². The molecule has 10 rings (SSSR count). The predicted octanol–water partition coefficient (Wildman–Crippen LogP) is 12.1. The molecule has 0 spiro atoms. The fraction of sp³-hybridized carbons (Fsp3) is 0.767. The highest BCUT2D eigenvalue weighted by Gasteiger charge is 2.36. The number of benzene rings is 2. The minimum atomic E-state index is 0.248. The highest BCUT2D eigenvalue weighted by molar-refractivity contribution is 9.09. The number of halogens is 1. The fourth-order valence-electron chi connectivity index (χ4n) is 12.6. The first kappa shape index (κ1) is 54.6. The van der Waals surface area contributed by atoms with Crippen LogP contribution < -0.4 is 24.6 Å². The van der Waals surface area contributed by atoms with Gasteiger partial charge in [0.15, 0.2) is 0 Å². The Morgan fingerprint density at radius 1 is 0.521 bits per heavy atom. The van der Waals surface area contributed by atoms with Crippen molar-refractivity contribution in [2.75, 3.05) is 87.2 Å². The molecule has 2 unspecified atom stereocenters. The van der Waals surface area contributed by atoms with Crippen LogP contribution in [0.15, 0.2) is 48.5 Å². The third kappa shape index (κ3) is 17.7. The van der Waals surface area contributed by atoms with Crippen LogP contribution in [0.4, 0.5) is 11.4 Å². The molecule has 2 amide bonds. The van der Waals surface area contributed by atoms with Gasteiger partial charge in [0, 0.05) is 86.9 Å². The largest absolute Gasteiger partial charge is 0.494 e. The normalized spacial score (nSPS) is 25.7. The van der Waals surface area contributed by atoms with Crippen molar-refractivity contribution in [3.63, 3.8) is 0 Å². The summed E-state index contributed by atoms with van der Waals surface area (Å²) in [6, 6.07) is 18.5. The van der Waals surface area contributed by atoms with Crippen molar-refractivity contribution in [3.8, 4) is 11.5 Å². The zero-order chi connectivity index (χ0) is 49.2. The average Bonchev–Trinajstić information content (AvgIpc) is 4.25. The Morgan fingerprint density at radius 3 is 1.44 bits per heavy atom. The molecule has 11 heteroatoms. The van der Waals surface area contributed by atoms with Crippen LogP contribution in [0.2, 0.25) is 0 Å². The van der Waals surface area contributed by atoms with Crippen molar-refractivity contribution >= 4 is 39.1 Å². The summed E-state index contributed by atoms with van der Waals surface area (Å²) in [4.78, 5) is 37.4. The highest BCUT2D eigenvalue weighted by Crippen LogP contribution is 2.35. The summed E-state index contributed by atoms with van der Waals surface area (Å²) in [5.41, 5.74) is 2.05. The van der Waals surface area contributed by atoms with Crippen LogP contribution in [0.1, 0.15) is 168 Å². The maximum Gasteiger partial charge on any atom is 0.227 e. The van der Waals surface area contributed by atoms with E-state index in [1.165, 1.54) is 147 Å². The van der Waals surface area contributed by atoms with Crippen LogP contribution in [0, 0.1) is 23.7 Å². The summed E-state index contributed by atoms with van der Waals surface area (Å²) in [5.74, 6) is 5.98. The van der Waals surface area contributed by atoms with Crippen molar-refractivity contribution in [3.05, 3.63) is 48.5 Å². The number of rotatable bonds is 23. The summed E-state index contributed by atoms with van der Waals surface area (Å²) in [6.07, 6.45) is 30.3. The molecule has 0 bridgehead atoms. The van der Waals surface area contributed by atoms with E-state index in [4.69, 9.17) is 9.47 Å². The monoisotopic (exact) mass is 1040 g/mol. The SMILES string of the molecule is BrCC1CC1.CC1CCCN1CCCOc1ccc(N2C(=O)CC[C@H]2CN(CC2CCCCC2)CC2CC2)cc1.CC1CCCN1CCCOc1ccc(N2C(=O)CC[C@H]2CNCC2CCCCC2)cc1. The first-order chi connectivity index (χ1) is 34.8. The van der Waals surface area contributed by atoms with E-state index in [1.807, 2.05) is 17.0 Å². The number of carbonyl (C=O) groups is 2. The molecule has 0 radical (unpaired) electrons. The summed E-state index contributed by atoms with van der Waals surface area (Å²) in [6.45, 7) is 16.4. The van der Waals surface area contributed by atoms with Gasteiger partial charge in [-0.2, -0.15) is 0 Å². The van der Waals surface area contributed by atoms with E-state index < -0.39 is 0 Å². The first-order valence-corrected chi connectivity index (χ1v) is 30.5. The number of alkyl halides is 1. The second kappa shape index (κ2) is 28.8. The van der Waals surface area contributed by atoms with Crippen molar-refractivity contribution in [2.24, 2.45) is 23.7 Å². The number of amides is 2. The first-order valence-electron chi connectivity index (χ1n) is 29.4. The van der Waals surface area contributed by atoms with Gasteiger partial charge in [-0.25, -0.2) is 0 Å². The van der Waals surface area contributed by atoms with Crippen LogP contribution >= 0.6 is 15.9 Å². The average molecular weight is 1040 g/mol. The number of likely N-dealkylation sites (tertiary alicyclic amines) is 2. The number of carbonyl (C=O) groups excluding carboxylic acids is 2. The highest BCUT2D eigenvalue weighted by atomic mass is 79.9.